The number of nitrogens with zero attached hydrogens (tertiary/aromatic N) is 2. The number of carbonyl (C=O) groups is 8. The number of hydrogen-bond acceptors (Lipinski definition) is 42. The molecule has 30 unspecified atom stereocenters. The van der Waals surface area contributed by atoms with E-state index in [0.717, 1.165) is 0 Å². The molecule has 25 N–H and O–H groups in total. The van der Waals surface area contributed by atoms with Gasteiger partial charge < -0.3 is 190 Å². The van der Waals surface area contributed by atoms with Crippen LogP contribution >= 0.6 is 0 Å². The fourth-order valence-corrected chi connectivity index (χ4v) is 13.2. The lowest BCUT2D eigenvalue weighted by molar-refractivity contribution is -0.366. The summed E-state index contributed by atoms with van der Waals surface area (Å²) in [6.45, 7) is -6.57. The first-order valence-electron chi connectivity index (χ1n) is 38.5. The van der Waals surface area contributed by atoms with E-state index in [1.54, 1.807) is 0 Å². The van der Waals surface area contributed by atoms with Gasteiger partial charge in [-0.3, -0.25) is 38.5 Å². The second-order valence-corrected chi connectivity index (χ2v) is 28.8. The van der Waals surface area contributed by atoms with Crippen LogP contribution in [0.2, 0.25) is 0 Å². The van der Waals surface area contributed by atoms with Gasteiger partial charge in [0.25, 0.3) is 11.8 Å². The van der Waals surface area contributed by atoms with E-state index in [-0.39, 0.29) is 78.0 Å². The maximum absolute atomic E-state index is 13.3. The average molecular weight is 1690 g/mol. The number of hydroxylamine groups is 2. The minimum atomic E-state index is -1.98. The van der Waals surface area contributed by atoms with Gasteiger partial charge in [-0.2, -0.15) is 0 Å². The van der Waals surface area contributed by atoms with Crippen LogP contribution in [0.5, 0.6) is 0 Å². The molecule has 7 saturated heterocycles. The highest BCUT2D eigenvalue weighted by molar-refractivity contribution is 6.01. The molecule has 7 fully saturated rings. The topological polar surface area (TPSA) is 728 Å². The van der Waals surface area contributed by atoms with Crippen molar-refractivity contribution in [2.45, 2.75) is 274 Å². The van der Waals surface area contributed by atoms with Crippen molar-refractivity contribution >= 4 is 47.3 Å². The molecule has 7 rings (SSSR count). The molecule has 0 aromatic carbocycles. The average Bonchev–Trinajstić information content (AvgIpc) is 1.11. The lowest BCUT2D eigenvalue weighted by atomic mass is 9.96. The zero-order valence-electron chi connectivity index (χ0n) is 63.4. The van der Waals surface area contributed by atoms with Gasteiger partial charge >= 0.3 is 5.97 Å². The second kappa shape index (κ2) is 48.9. The van der Waals surface area contributed by atoms with E-state index < -0.39 is 291 Å². The highest BCUT2D eigenvalue weighted by Crippen LogP contribution is 2.34. The van der Waals surface area contributed by atoms with E-state index in [1.165, 1.54) is 4.90 Å². The number of ether oxygens (including phenoxy) is 12. The van der Waals surface area contributed by atoms with E-state index >= 15 is 0 Å². The van der Waals surface area contributed by atoms with Gasteiger partial charge in [0, 0.05) is 64.8 Å². The molecule has 30 atom stereocenters. The van der Waals surface area contributed by atoms with E-state index in [4.69, 9.17) is 61.7 Å². The normalized spacial score (nSPS) is 36.3. The van der Waals surface area contributed by atoms with Crippen molar-refractivity contribution in [2.24, 2.45) is 0 Å². The molecule has 7 amide bonds. The third-order valence-corrected chi connectivity index (χ3v) is 20.0. The van der Waals surface area contributed by atoms with Crippen LogP contribution in [-0.4, -0.2) is 449 Å². The van der Waals surface area contributed by atoms with Gasteiger partial charge in [-0.1, -0.05) is 19.3 Å². The Morgan fingerprint density at radius 2 is 0.621 bits per heavy atom. The number of amides is 7. The first kappa shape index (κ1) is 97.8. The molecule has 0 bridgehead atoms. The molecule has 0 aromatic heterocycles. The molecular weight excluding hydrogens is 1570 g/mol. The van der Waals surface area contributed by atoms with E-state index in [2.05, 4.69) is 26.6 Å². The van der Waals surface area contributed by atoms with Crippen molar-refractivity contribution in [3.05, 3.63) is 0 Å². The van der Waals surface area contributed by atoms with Crippen molar-refractivity contribution in [2.75, 3.05) is 105 Å². The van der Waals surface area contributed by atoms with Crippen molar-refractivity contribution in [1.82, 2.24) is 36.5 Å². The first-order valence-corrected chi connectivity index (χ1v) is 38.5. The molecule has 48 heteroatoms. The zero-order chi connectivity index (χ0) is 85.0. The van der Waals surface area contributed by atoms with Crippen molar-refractivity contribution in [3.63, 3.8) is 0 Å². The van der Waals surface area contributed by atoms with Crippen LogP contribution in [0.3, 0.4) is 0 Å². The molecule has 0 saturated carbocycles. The molecule has 7 heterocycles. The summed E-state index contributed by atoms with van der Waals surface area (Å²) >= 11 is 0. The van der Waals surface area contributed by atoms with Crippen LogP contribution in [0.25, 0.3) is 0 Å². The van der Waals surface area contributed by atoms with Crippen molar-refractivity contribution in [1.29, 1.82) is 0 Å². The Labute approximate surface area is 663 Å². The number of hydrogen-bond donors (Lipinski definition) is 25. The lowest BCUT2D eigenvalue weighted by Gasteiger charge is -2.46. The van der Waals surface area contributed by atoms with Gasteiger partial charge in [-0.15, -0.1) is 5.06 Å². The van der Waals surface area contributed by atoms with Crippen LogP contribution in [0, 0.1) is 0 Å². The summed E-state index contributed by atoms with van der Waals surface area (Å²) in [5.41, 5.74) is 0. The Balaban J connectivity index is 0.822. The Kier molecular flexibility index (Phi) is 41.2. The summed E-state index contributed by atoms with van der Waals surface area (Å²) < 4.78 is 67.0. The third kappa shape index (κ3) is 28.4. The third-order valence-electron chi connectivity index (χ3n) is 20.0. The first-order chi connectivity index (χ1) is 55.3. The maximum Gasteiger partial charge on any atom is 0.333 e. The molecule has 0 aliphatic carbocycles. The lowest BCUT2D eigenvalue weighted by Crippen LogP contribution is -2.65. The highest BCUT2D eigenvalue weighted by atomic mass is 16.8. The predicted molar refractivity (Wildman–Crippen MR) is 374 cm³/mol. The van der Waals surface area contributed by atoms with Crippen molar-refractivity contribution in [3.8, 4) is 0 Å². The standard InChI is InChI=1S/C68H115N7O41/c76-25-31-45(88)51(94)55(98)63(108-31)106-29-35-49(92)61(114-67-57(100)53(96)47(90)33(27-78)110-67)59(102)65(112-35)104-20-18-72-37(80)10-4-1-7-15-69-39(82)22-74(24-41(84)71-17-9-3-6-12-44(87)116-75-42(85)13-14-43(75)86)23-40(83)70-16-8-2-5-11-38(81)73-19-21-105-66-60(103)62(115-68-58(101)54(97)48(91)34(28-79)111-68)50(93)36(113-66)30-107-64-56(99)52(95)46(89)32(26-77)109-64/h31-36,45-68,76-79,88-103H,1-30H2,(H,69,82)(H,70,83)(H,71,84)(H,72,80)(H,73,81). The molecule has 7 aliphatic rings. The highest BCUT2D eigenvalue weighted by Gasteiger charge is 2.55. The summed E-state index contributed by atoms with van der Waals surface area (Å²) in [6.07, 6.45) is -49.6. The second-order valence-electron chi connectivity index (χ2n) is 28.8. The smallest absolute Gasteiger partial charge is 0.333 e. The van der Waals surface area contributed by atoms with Crippen molar-refractivity contribution < 1.29 is 202 Å². The number of carbonyl (C=O) groups excluding carboxylic acids is 8. The largest absolute Gasteiger partial charge is 0.394 e. The fraction of sp³-hybridized carbons (Fsp3) is 0.882. The van der Waals surface area contributed by atoms with Crippen LogP contribution in [0.4, 0.5) is 0 Å². The Bertz CT molecular complexity index is 2840. The van der Waals surface area contributed by atoms with Gasteiger partial charge in [0.1, 0.15) is 146 Å². The number of rotatable bonds is 47. The SMILES string of the molecule is O=C(CCCCCNC(=O)CN(CC(=O)NCCCCCC(=O)NCCOC1OC(COC2OC(CO)C(O)C(O)C2O)C(O)C(OC2OC(CO)C(O)C(O)C2O)C1O)CC(=O)NCCCCCC(=O)ON1C(=O)CCC1=O)NCCOC1OC(COC2OC(CO)C(O)C(O)C2O)C(O)C(OC2OC(CO)C(O)C(O)C2O)C1O. The molecule has 7 aliphatic heterocycles. The molecule has 668 valence electrons. The number of aliphatic hydroxyl groups excluding tert-OH is 20. The number of nitrogens with one attached hydrogen (secondary N) is 5. The summed E-state index contributed by atoms with van der Waals surface area (Å²) in [6, 6.07) is 0. The number of imide groups is 1. The molecule has 0 spiro atoms. The van der Waals surface area contributed by atoms with E-state index in [0.29, 0.717) is 62.9 Å². The predicted octanol–water partition coefficient (Wildman–Crippen LogP) is -14.9. The van der Waals surface area contributed by atoms with E-state index in [1.807, 2.05) is 0 Å². The minimum Gasteiger partial charge on any atom is -0.394 e. The van der Waals surface area contributed by atoms with E-state index in [9.17, 15) is 140 Å². The van der Waals surface area contributed by atoms with Gasteiger partial charge in [0.15, 0.2) is 37.7 Å². The van der Waals surface area contributed by atoms with Gasteiger partial charge in [0.05, 0.1) is 72.5 Å². The monoisotopic (exact) mass is 1690 g/mol. The van der Waals surface area contributed by atoms with Gasteiger partial charge in [0.2, 0.25) is 29.5 Å². The zero-order valence-corrected chi connectivity index (χ0v) is 63.4. The summed E-state index contributed by atoms with van der Waals surface area (Å²) in [7, 11) is 0. The molecule has 116 heavy (non-hydrogen) atoms. The number of unbranched alkanes of at least 4 members (excludes halogenated alkanes) is 6. The van der Waals surface area contributed by atoms with Crippen LogP contribution < -0.4 is 26.6 Å². The molecule has 48 nitrogen and oxygen atoms in total. The van der Waals surface area contributed by atoms with Crippen LogP contribution in [0.15, 0.2) is 0 Å². The van der Waals surface area contributed by atoms with Gasteiger partial charge in [-0.25, -0.2) is 4.79 Å². The Morgan fingerprint density at radius 3 is 0.957 bits per heavy atom. The van der Waals surface area contributed by atoms with Crippen LogP contribution in [-0.2, 0) is 100 Å². The fourth-order valence-electron chi connectivity index (χ4n) is 13.2. The van der Waals surface area contributed by atoms with Gasteiger partial charge in [-0.05, 0) is 38.5 Å². The summed E-state index contributed by atoms with van der Waals surface area (Å²) in [4.78, 5) is 108. The molecular formula is C68H115N7O41. The molecule has 0 radical (unpaired) electrons. The quantitative estimate of drug-likeness (QED) is 0.0199. The summed E-state index contributed by atoms with van der Waals surface area (Å²) in [5.74, 6) is -4.57. The van der Waals surface area contributed by atoms with Crippen LogP contribution in [0.1, 0.15) is 89.9 Å². The minimum absolute atomic E-state index is 0.00104. The maximum atomic E-state index is 13.3. The Morgan fingerprint density at radius 1 is 0.328 bits per heavy atom. The number of aliphatic hydroxyl groups is 20. The molecule has 0 aromatic rings. The Hall–Kier alpha value is -5.36. The summed E-state index contributed by atoms with van der Waals surface area (Å²) in [5, 5.41) is 222.